The fourth-order valence-electron chi connectivity index (χ4n) is 1.38. The zero-order valence-corrected chi connectivity index (χ0v) is 10.5. The normalized spacial score (nSPS) is 15.8. The molecule has 0 aliphatic heterocycles. The summed E-state index contributed by atoms with van der Waals surface area (Å²) in [4.78, 5) is 10.1. The van der Waals surface area contributed by atoms with Crippen LogP contribution in [0.25, 0.3) is 0 Å². The first-order valence-electron chi connectivity index (χ1n) is 5.64. The Hall–Kier alpha value is -1.66. The molecule has 100 valence electrons. The van der Waals surface area contributed by atoms with Crippen molar-refractivity contribution in [2.45, 2.75) is 39.1 Å². The molecule has 0 fully saturated rings. The minimum atomic E-state index is -0.888. The van der Waals surface area contributed by atoms with E-state index in [-0.39, 0.29) is 5.69 Å². The molecule has 6 heteroatoms. The van der Waals surface area contributed by atoms with E-state index in [1.165, 1.54) is 25.1 Å². The van der Waals surface area contributed by atoms with Gasteiger partial charge in [-0.15, -0.1) is 0 Å². The summed E-state index contributed by atoms with van der Waals surface area (Å²) < 4.78 is 5.47. The molecular formula is C12H17NO5. The summed E-state index contributed by atoms with van der Waals surface area (Å²) in [7, 11) is 0. The Bertz CT molecular complexity index is 430. The number of aliphatic hydroxyl groups is 2. The van der Waals surface area contributed by atoms with Crippen molar-refractivity contribution in [3.05, 3.63) is 33.9 Å². The highest BCUT2D eigenvalue weighted by atomic mass is 16.6. The number of nitro benzene ring substituents is 1. The van der Waals surface area contributed by atoms with E-state index in [0.29, 0.717) is 11.3 Å². The average molecular weight is 255 g/mol. The van der Waals surface area contributed by atoms with Gasteiger partial charge in [0.25, 0.3) is 5.69 Å². The van der Waals surface area contributed by atoms with Crippen molar-refractivity contribution in [1.29, 1.82) is 0 Å². The number of non-ortho nitro benzene ring substituents is 1. The Morgan fingerprint density at radius 1 is 1.28 bits per heavy atom. The van der Waals surface area contributed by atoms with Crippen molar-refractivity contribution in [1.82, 2.24) is 0 Å². The molecule has 1 aromatic carbocycles. The number of nitro groups is 1. The van der Waals surface area contributed by atoms with Gasteiger partial charge in [-0.25, -0.2) is 0 Å². The number of hydrogen-bond acceptors (Lipinski definition) is 5. The summed E-state index contributed by atoms with van der Waals surface area (Å²) >= 11 is 0. The number of aliphatic hydroxyl groups excluding tert-OH is 2. The molecule has 1 aromatic rings. The molecule has 0 heterocycles. The van der Waals surface area contributed by atoms with Crippen LogP contribution in [0.5, 0.6) is 5.75 Å². The third kappa shape index (κ3) is 3.41. The molecule has 0 aliphatic rings. The monoisotopic (exact) mass is 255 g/mol. The van der Waals surface area contributed by atoms with E-state index >= 15 is 0 Å². The summed E-state index contributed by atoms with van der Waals surface area (Å²) in [5, 5.41) is 29.6. The maximum Gasteiger partial charge on any atom is 0.270 e. The lowest BCUT2D eigenvalue weighted by atomic mass is 10.1. The first-order chi connectivity index (χ1) is 8.32. The Morgan fingerprint density at radius 2 is 1.89 bits per heavy atom. The van der Waals surface area contributed by atoms with Crippen LogP contribution in [0.15, 0.2) is 18.2 Å². The van der Waals surface area contributed by atoms with Crippen molar-refractivity contribution in [2.75, 3.05) is 0 Å². The molecule has 0 amide bonds. The number of hydrogen-bond donors (Lipinski definition) is 2. The molecule has 2 N–H and O–H groups in total. The molecular weight excluding hydrogens is 238 g/mol. The van der Waals surface area contributed by atoms with E-state index in [1.807, 2.05) is 0 Å². The highest BCUT2D eigenvalue weighted by Crippen LogP contribution is 2.30. The van der Waals surface area contributed by atoms with Crippen molar-refractivity contribution >= 4 is 5.69 Å². The Balaban J connectivity index is 3.08. The smallest absolute Gasteiger partial charge is 0.270 e. The Morgan fingerprint density at radius 3 is 2.33 bits per heavy atom. The summed E-state index contributed by atoms with van der Waals surface area (Å²) in [5.74, 6) is 0.337. The van der Waals surface area contributed by atoms with Gasteiger partial charge >= 0.3 is 0 Å². The number of ether oxygens (including phenoxy) is 1. The lowest BCUT2D eigenvalue weighted by molar-refractivity contribution is -0.385. The lowest BCUT2D eigenvalue weighted by Crippen LogP contribution is -2.26. The largest absolute Gasteiger partial charge is 0.488 e. The lowest BCUT2D eigenvalue weighted by Gasteiger charge is -2.20. The van der Waals surface area contributed by atoms with Crippen LogP contribution < -0.4 is 4.74 Å². The predicted molar refractivity (Wildman–Crippen MR) is 65.5 cm³/mol. The molecule has 6 nitrogen and oxygen atoms in total. The number of rotatable bonds is 5. The van der Waals surface area contributed by atoms with Crippen molar-refractivity contribution in [3.63, 3.8) is 0 Å². The summed E-state index contributed by atoms with van der Waals surface area (Å²) in [5.41, 5.74) is 0.222. The molecule has 0 saturated carbocycles. The second-order valence-electron chi connectivity index (χ2n) is 4.22. The average Bonchev–Trinajstić information content (AvgIpc) is 2.28. The second-order valence-corrected chi connectivity index (χ2v) is 4.22. The fraction of sp³-hybridized carbons (Fsp3) is 0.500. The van der Waals surface area contributed by atoms with Crippen LogP contribution in [-0.4, -0.2) is 27.3 Å². The van der Waals surface area contributed by atoms with Crippen LogP contribution in [0.4, 0.5) is 5.69 Å². The van der Waals surface area contributed by atoms with Crippen molar-refractivity contribution in [2.24, 2.45) is 0 Å². The number of benzene rings is 1. The van der Waals surface area contributed by atoms with Crippen LogP contribution in [0.1, 0.15) is 32.4 Å². The molecule has 0 bridgehead atoms. The van der Waals surface area contributed by atoms with Gasteiger partial charge in [0.05, 0.1) is 17.1 Å². The molecule has 0 aromatic heterocycles. The minimum Gasteiger partial charge on any atom is -0.488 e. The van der Waals surface area contributed by atoms with Gasteiger partial charge in [0.2, 0.25) is 0 Å². The minimum absolute atomic E-state index is 0.108. The van der Waals surface area contributed by atoms with Gasteiger partial charge in [-0.3, -0.25) is 10.1 Å². The van der Waals surface area contributed by atoms with E-state index in [0.717, 1.165) is 0 Å². The second kappa shape index (κ2) is 5.79. The summed E-state index contributed by atoms with van der Waals surface area (Å²) in [6.45, 7) is 4.76. The third-order valence-corrected chi connectivity index (χ3v) is 2.65. The zero-order valence-electron chi connectivity index (χ0n) is 10.5. The van der Waals surface area contributed by atoms with Crippen LogP contribution in [0.2, 0.25) is 0 Å². The highest BCUT2D eigenvalue weighted by Gasteiger charge is 2.18. The van der Waals surface area contributed by atoms with E-state index in [1.54, 1.807) is 13.8 Å². The Kier molecular flexibility index (Phi) is 4.63. The first kappa shape index (κ1) is 14.4. The quantitative estimate of drug-likeness (QED) is 0.618. The third-order valence-electron chi connectivity index (χ3n) is 2.65. The van der Waals surface area contributed by atoms with E-state index < -0.39 is 23.2 Å². The fourth-order valence-corrected chi connectivity index (χ4v) is 1.38. The summed E-state index contributed by atoms with van der Waals surface area (Å²) in [6, 6.07) is 4.00. The first-order valence-corrected chi connectivity index (χ1v) is 5.64. The highest BCUT2D eigenvalue weighted by molar-refractivity contribution is 5.44. The SMILES string of the molecule is CC(O)C(C)Oc1ccc([N+](=O)[O-])cc1[C@@H](C)O. The molecule has 2 unspecified atom stereocenters. The maximum absolute atomic E-state index is 10.7. The maximum atomic E-state index is 10.7. The standard InChI is InChI=1S/C12H17NO5/c1-7(14)9(3)18-12-5-4-10(13(16)17)6-11(12)8(2)15/h4-9,14-15H,1-3H3/t7?,8-,9?/m1/s1. The van der Waals surface area contributed by atoms with Gasteiger partial charge in [0, 0.05) is 17.7 Å². The summed E-state index contributed by atoms with van der Waals surface area (Å²) in [6.07, 6.45) is -2.04. The Labute approximate surface area is 105 Å². The topological polar surface area (TPSA) is 92.8 Å². The zero-order chi connectivity index (χ0) is 13.9. The van der Waals surface area contributed by atoms with Crippen molar-refractivity contribution in [3.8, 4) is 5.75 Å². The van der Waals surface area contributed by atoms with Crippen LogP contribution in [-0.2, 0) is 0 Å². The molecule has 0 spiro atoms. The van der Waals surface area contributed by atoms with Crippen molar-refractivity contribution < 1.29 is 19.9 Å². The molecule has 0 saturated heterocycles. The van der Waals surface area contributed by atoms with Gasteiger partial charge in [0.15, 0.2) is 0 Å². The van der Waals surface area contributed by atoms with Gasteiger partial charge < -0.3 is 14.9 Å². The van der Waals surface area contributed by atoms with Gasteiger partial charge in [-0.2, -0.15) is 0 Å². The molecule has 3 atom stereocenters. The van der Waals surface area contributed by atoms with Gasteiger partial charge in [0.1, 0.15) is 11.9 Å². The molecule has 18 heavy (non-hydrogen) atoms. The molecule has 1 rings (SSSR count). The van der Waals surface area contributed by atoms with Crippen LogP contribution in [0.3, 0.4) is 0 Å². The van der Waals surface area contributed by atoms with E-state index in [2.05, 4.69) is 0 Å². The van der Waals surface area contributed by atoms with Crippen LogP contribution >= 0.6 is 0 Å². The van der Waals surface area contributed by atoms with E-state index in [9.17, 15) is 20.3 Å². The van der Waals surface area contributed by atoms with Crippen LogP contribution in [0, 0.1) is 10.1 Å². The van der Waals surface area contributed by atoms with E-state index in [4.69, 9.17) is 4.74 Å². The number of nitrogens with zero attached hydrogens (tertiary/aromatic N) is 1. The predicted octanol–water partition coefficient (Wildman–Crippen LogP) is 1.80. The van der Waals surface area contributed by atoms with Gasteiger partial charge in [-0.05, 0) is 26.8 Å². The van der Waals surface area contributed by atoms with Gasteiger partial charge in [-0.1, -0.05) is 0 Å². The molecule has 0 radical (unpaired) electrons. The molecule has 0 aliphatic carbocycles.